The van der Waals surface area contributed by atoms with Crippen molar-refractivity contribution in [1.29, 1.82) is 0 Å². The van der Waals surface area contributed by atoms with Crippen LogP contribution in [0.2, 0.25) is 5.02 Å². The number of hydrogen-bond acceptors (Lipinski definition) is 3. The molecular formula is C21H25ClN2O2. The highest BCUT2D eigenvalue weighted by Crippen LogP contribution is 2.33. The Morgan fingerprint density at radius 1 is 1.27 bits per heavy atom. The topological polar surface area (TPSA) is 41.6 Å². The molecule has 0 bridgehead atoms. The van der Waals surface area contributed by atoms with Crippen molar-refractivity contribution in [1.82, 2.24) is 5.32 Å². The van der Waals surface area contributed by atoms with E-state index in [1.165, 1.54) is 5.56 Å². The van der Waals surface area contributed by atoms with Crippen molar-refractivity contribution >= 4 is 23.2 Å². The first-order chi connectivity index (χ1) is 12.7. The molecule has 1 amide bonds. The molecule has 0 saturated carbocycles. The first-order valence-electron chi connectivity index (χ1n) is 9.07. The molecule has 0 aromatic heterocycles. The lowest BCUT2D eigenvalue weighted by Crippen LogP contribution is -2.37. The second-order valence-corrected chi connectivity index (χ2v) is 7.09. The molecule has 138 valence electrons. The van der Waals surface area contributed by atoms with E-state index in [0.29, 0.717) is 11.4 Å². The smallest absolute Gasteiger partial charge is 0.220 e. The number of methoxy groups -OCH3 is 1. The molecule has 4 nitrogen and oxygen atoms in total. The SMILES string of the molecule is COc1ccc(Cl)cc1N1CCC(NC(=O)CCCc2ccccc2)C1. The highest BCUT2D eigenvalue weighted by molar-refractivity contribution is 6.30. The zero-order valence-corrected chi connectivity index (χ0v) is 15.8. The van der Waals surface area contributed by atoms with E-state index in [2.05, 4.69) is 22.3 Å². The molecule has 0 radical (unpaired) electrons. The first kappa shape index (κ1) is 18.6. The lowest BCUT2D eigenvalue weighted by Gasteiger charge is -2.21. The summed E-state index contributed by atoms with van der Waals surface area (Å²) in [5.41, 5.74) is 2.27. The zero-order valence-electron chi connectivity index (χ0n) is 15.1. The van der Waals surface area contributed by atoms with E-state index in [1.54, 1.807) is 7.11 Å². The van der Waals surface area contributed by atoms with Crippen LogP contribution < -0.4 is 15.0 Å². The van der Waals surface area contributed by atoms with Crippen LogP contribution in [0.3, 0.4) is 0 Å². The normalized spacial score (nSPS) is 16.5. The van der Waals surface area contributed by atoms with Crippen molar-refractivity contribution in [3.63, 3.8) is 0 Å². The molecule has 2 aromatic rings. The van der Waals surface area contributed by atoms with Gasteiger partial charge in [-0.1, -0.05) is 41.9 Å². The number of amides is 1. The van der Waals surface area contributed by atoms with Gasteiger partial charge < -0.3 is 15.0 Å². The van der Waals surface area contributed by atoms with Crippen LogP contribution in [0, 0.1) is 0 Å². The van der Waals surface area contributed by atoms with Crippen LogP contribution in [0.1, 0.15) is 24.8 Å². The fraction of sp³-hybridized carbons (Fsp3) is 0.381. The Morgan fingerprint density at radius 3 is 2.85 bits per heavy atom. The number of nitrogens with one attached hydrogen (secondary N) is 1. The lowest BCUT2D eigenvalue weighted by molar-refractivity contribution is -0.121. The van der Waals surface area contributed by atoms with E-state index in [9.17, 15) is 4.79 Å². The number of benzene rings is 2. The Labute approximate surface area is 160 Å². The van der Waals surface area contributed by atoms with E-state index >= 15 is 0 Å². The van der Waals surface area contributed by atoms with Gasteiger partial charge in [0.05, 0.1) is 12.8 Å². The number of anilines is 1. The summed E-state index contributed by atoms with van der Waals surface area (Å²) in [7, 11) is 1.66. The van der Waals surface area contributed by atoms with Crippen LogP contribution in [0.15, 0.2) is 48.5 Å². The van der Waals surface area contributed by atoms with Gasteiger partial charge in [0, 0.05) is 30.6 Å². The minimum absolute atomic E-state index is 0.130. The van der Waals surface area contributed by atoms with Gasteiger partial charge in [-0.15, -0.1) is 0 Å². The fourth-order valence-corrected chi connectivity index (χ4v) is 3.57. The van der Waals surface area contributed by atoms with E-state index < -0.39 is 0 Å². The Hall–Kier alpha value is -2.20. The van der Waals surface area contributed by atoms with Gasteiger partial charge in [0.15, 0.2) is 0 Å². The molecule has 1 atom stereocenters. The monoisotopic (exact) mass is 372 g/mol. The van der Waals surface area contributed by atoms with Crippen LogP contribution >= 0.6 is 11.6 Å². The van der Waals surface area contributed by atoms with Crippen molar-refractivity contribution in [3.8, 4) is 5.75 Å². The van der Waals surface area contributed by atoms with Gasteiger partial charge in [0.1, 0.15) is 5.75 Å². The molecule has 1 fully saturated rings. The van der Waals surface area contributed by atoms with Crippen LogP contribution in [0.25, 0.3) is 0 Å². The van der Waals surface area contributed by atoms with Crippen molar-refractivity contribution in [2.45, 2.75) is 31.7 Å². The minimum Gasteiger partial charge on any atom is -0.495 e. The summed E-state index contributed by atoms with van der Waals surface area (Å²) in [6, 6.07) is 16.1. The van der Waals surface area contributed by atoms with Crippen molar-refractivity contribution in [2.24, 2.45) is 0 Å². The van der Waals surface area contributed by atoms with Gasteiger partial charge in [0.2, 0.25) is 5.91 Å². The number of rotatable bonds is 7. The Kier molecular flexibility index (Phi) is 6.40. The van der Waals surface area contributed by atoms with Crippen LogP contribution in [-0.2, 0) is 11.2 Å². The molecule has 1 saturated heterocycles. The van der Waals surface area contributed by atoms with E-state index in [4.69, 9.17) is 16.3 Å². The highest BCUT2D eigenvalue weighted by Gasteiger charge is 2.25. The highest BCUT2D eigenvalue weighted by atomic mass is 35.5. The lowest BCUT2D eigenvalue weighted by atomic mass is 10.1. The Balaban J connectivity index is 1.47. The summed E-state index contributed by atoms with van der Waals surface area (Å²) < 4.78 is 5.44. The molecule has 1 aliphatic heterocycles. The Morgan fingerprint density at radius 2 is 2.08 bits per heavy atom. The molecule has 1 unspecified atom stereocenters. The average molecular weight is 373 g/mol. The molecule has 26 heavy (non-hydrogen) atoms. The van der Waals surface area contributed by atoms with Crippen molar-refractivity contribution in [3.05, 3.63) is 59.1 Å². The first-order valence-corrected chi connectivity index (χ1v) is 9.45. The Bertz CT molecular complexity index is 736. The molecular weight excluding hydrogens is 348 g/mol. The average Bonchev–Trinajstić information content (AvgIpc) is 3.11. The maximum Gasteiger partial charge on any atom is 0.220 e. The van der Waals surface area contributed by atoms with Crippen molar-refractivity contribution in [2.75, 3.05) is 25.1 Å². The minimum atomic E-state index is 0.130. The van der Waals surface area contributed by atoms with E-state index in [-0.39, 0.29) is 11.9 Å². The molecule has 0 spiro atoms. The third kappa shape index (κ3) is 4.92. The van der Waals surface area contributed by atoms with E-state index in [0.717, 1.165) is 43.8 Å². The number of carbonyl (C=O) groups is 1. The molecule has 1 heterocycles. The third-order valence-electron chi connectivity index (χ3n) is 4.75. The predicted octanol–water partition coefficient (Wildman–Crippen LogP) is 4.07. The fourth-order valence-electron chi connectivity index (χ4n) is 3.40. The number of nitrogens with zero attached hydrogens (tertiary/aromatic N) is 1. The largest absolute Gasteiger partial charge is 0.495 e. The maximum absolute atomic E-state index is 12.2. The summed E-state index contributed by atoms with van der Waals surface area (Å²) in [5.74, 6) is 0.940. The quantitative estimate of drug-likeness (QED) is 0.796. The van der Waals surface area contributed by atoms with Crippen LogP contribution in [0.4, 0.5) is 5.69 Å². The maximum atomic E-state index is 12.2. The van der Waals surface area contributed by atoms with Gasteiger partial charge in [-0.25, -0.2) is 0 Å². The van der Waals surface area contributed by atoms with Gasteiger partial charge in [-0.3, -0.25) is 4.79 Å². The summed E-state index contributed by atoms with van der Waals surface area (Å²) >= 11 is 6.13. The molecule has 1 aliphatic rings. The zero-order chi connectivity index (χ0) is 18.4. The van der Waals surface area contributed by atoms with E-state index in [1.807, 2.05) is 36.4 Å². The molecule has 1 N–H and O–H groups in total. The number of aryl methyl sites for hydroxylation is 1. The molecule has 0 aliphatic carbocycles. The predicted molar refractivity (Wildman–Crippen MR) is 106 cm³/mol. The third-order valence-corrected chi connectivity index (χ3v) is 4.98. The number of hydrogen-bond donors (Lipinski definition) is 1. The number of halogens is 1. The van der Waals surface area contributed by atoms with Gasteiger partial charge in [-0.05, 0) is 43.0 Å². The van der Waals surface area contributed by atoms with Crippen LogP contribution in [0.5, 0.6) is 5.75 Å². The van der Waals surface area contributed by atoms with Crippen molar-refractivity contribution < 1.29 is 9.53 Å². The molecule has 2 aromatic carbocycles. The molecule has 3 rings (SSSR count). The van der Waals surface area contributed by atoms with Crippen LogP contribution in [-0.4, -0.2) is 32.1 Å². The standard InChI is InChI=1S/C21H25ClN2O2/c1-26-20-11-10-17(22)14-19(20)24-13-12-18(15-24)23-21(25)9-5-8-16-6-3-2-4-7-16/h2-4,6-7,10-11,14,18H,5,8-9,12-13,15H2,1H3,(H,23,25). The number of carbonyl (C=O) groups excluding carboxylic acids is 1. The summed E-state index contributed by atoms with van der Waals surface area (Å²) in [6.45, 7) is 1.66. The second kappa shape index (κ2) is 8.95. The summed E-state index contributed by atoms with van der Waals surface area (Å²) in [5, 5.41) is 3.85. The summed E-state index contributed by atoms with van der Waals surface area (Å²) in [6.07, 6.45) is 3.30. The van der Waals surface area contributed by atoms with Gasteiger partial charge in [-0.2, -0.15) is 0 Å². The molecule has 5 heteroatoms. The van der Waals surface area contributed by atoms with Gasteiger partial charge >= 0.3 is 0 Å². The summed E-state index contributed by atoms with van der Waals surface area (Å²) in [4.78, 5) is 14.5. The number of ether oxygens (including phenoxy) is 1. The second-order valence-electron chi connectivity index (χ2n) is 6.65. The van der Waals surface area contributed by atoms with Gasteiger partial charge in [0.25, 0.3) is 0 Å².